The van der Waals surface area contributed by atoms with E-state index in [1.165, 1.54) is 25.7 Å². The first-order valence-electron chi connectivity index (χ1n) is 11.7. The number of aliphatic hydroxyl groups is 2. The van der Waals surface area contributed by atoms with Crippen molar-refractivity contribution in [3.8, 4) is 0 Å². The number of halogens is 1. The van der Waals surface area contributed by atoms with Crippen LogP contribution in [0.3, 0.4) is 0 Å². The highest BCUT2D eigenvalue weighted by Crippen LogP contribution is 2.67. The Bertz CT molecular complexity index is 594. The molecule has 0 saturated heterocycles. The Balaban J connectivity index is 1.49. The molecule has 160 valence electrons. The van der Waals surface area contributed by atoms with Gasteiger partial charge in [-0.25, -0.2) is 4.39 Å². The summed E-state index contributed by atoms with van der Waals surface area (Å²) in [6.07, 6.45) is 10.3. The standard InChI is InChI=1S/C24H39FO3/c1-23-11-9-20-22(19(23)7-6-15(23)4-3-5-18(27)14-25)21(28)13-16-12-17(26)8-10-24(16,20)2/h15-17,19-22,26,28H,3-14H2,1-2H3/t15-,16-,17+,19-,20-,21+,22-,23+,24-/m0/s1. The summed E-state index contributed by atoms with van der Waals surface area (Å²) in [5.74, 6) is 2.36. The zero-order valence-corrected chi connectivity index (χ0v) is 17.7. The number of rotatable bonds is 5. The summed E-state index contributed by atoms with van der Waals surface area (Å²) in [4.78, 5) is 11.3. The topological polar surface area (TPSA) is 57.5 Å². The molecule has 0 bridgehead atoms. The zero-order chi connectivity index (χ0) is 20.1. The molecule has 0 heterocycles. The van der Waals surface area contributed by atoms with Crippen molar-refractivity contribution in [3.05, 3.63) is 0 Å². The van der Waals surface area contributed by atoms with E-state index in [2.05, 4.69) is 13.8 Å². The molecule has 0 aromatic heterocycles. The zero-order valence-electron chi connectivity index (χ0n) is 17.7. The molecule has 4 heteroatoms. The van der Waals surface area contributed by atoms with Gasteiger partial charge in [0.05, 0.1) is 12.2 Å². The molecule has 0 amide bonds. The van der Waals surface area contributed by atoms with E-state index in [-0.39, 0.29) is 28.8 Å². The van der Waals surface area contributed by atoms with E-state index < -0.39 is 6.67 Å². The first-order chi connectivity index (χ1) is 13.3. The second kappa shape index (κ2) is 7.65. The summed E-state index contributed by atoms with van der Waals surface area (Å²) < 4.78 is 12.5. The van der Waals surface area contributed by atoms with Gasteiger partial charge in [0.2, 0.25) is 0 Å². The van der Waals surface area contributed by atoms with E-state index in [1.54, 1.807) is 0 Å². The molecule has 0 aliphatic heterocycles. The fourth-order valence-electron chi connectivity index (χ4n) is 8.40. The van der Waals surface area contributed by atoms with E-state index in [0.717, 1.165) is 38.5 Å². The lowest BCUT2D eigenvalue weighted by Gasteiger charge is -2.62. The van der Waals surface area contributed by atoms with Crippen LogP contribution in [-0.2, 0) is 4.79 Å². The molecule has 3 nitrogen and oxygen atoms in total. The Hall–Kier alpha value is -0.480. The minimum Gasteiger partial charge on any atom is -0.393 e. The number of hydrogen-bond acceptors (Lipinski definition) is 3. The van der Waals surface area contributed by atoms with Crippen molar-refractivity contribution in [2.45, 2.75) is 96.7 Å². The summed E-state index contributed by atoms with van der Waals surface area (Å²) in [6, 6.07) is 0. The molecule has 4 aliphatic rings. The molecule has 4 fully saturated rings. The minimum absolute atomic E-state index is 0.182. The number of fused-ring (bicyclic) bond motifs is 5. The molecule has 4 rings (SSSR count). The third-order valence-corrected chi connectivity index (χ3v) is 10.0. The summed E-state index contributed by atoms with van der Waals surface area (Å²) in [5, 5.41) is 21.4. The van der Waals surface area contributed by atoms with Crippen LogP contribution in [0.4, 0.5) is 4.39 Å². The van der Waals surface area contributed by atoms with Crippen LogP contribution in [0, 0.1) is 40.4 Å². The van der Waals surface area contributed by atoms with Crippen molar-refractivity contribution in [2.75, 3.05) is 6.67 Å². The number of carbonyl (C=O) groups excluding carboxylic acids is 1. The molecule has 2 N–H and O–H groups in total. The molecular weight excluding hydrogens is 355 g/mol. The molecule has 9 atom stereocenters. The number of aliphatic hydroxyl groups excluding tert-OH is 2. The summed E-state index contributed by atoms with van der Waals surface area (Å²) in [7, 11) is 0. The van der Waals surface area contributed by atoms with Crippen molar-refractivity contribution in [1.82, 2.24) is 0 Å². The fraction of sp³-hybridized carbons (Fsp3) is 0.958. The number of hydrogen-bond donors (Lipinski definition) is 2. The minimum atomic E-state index is -0.824. The molecule has 0 unspecified atom stereocenters. The summed E-state index contributed by atoms with van der Waals surface area (Å²) >= 11 is 0. The van der Waals surface area contributed by atoms with Crippen LogP contribution < -0.4 is 0 Å². The van der Waals surface area contributed by atoms with Gasteiger partial charge in [-0.2, -0.15) is 0 Å². The number of Topliss-reactive ketones (excluding diaryl/α,β-unsaturated/α-hetero) is 1. The van der Waals surface area contributed by atoms with Crippen LogP contribution in [0.15, 0.2) is 0 Å². The Morgan fingerprint density at radius 1 is 1.00 bits per heavy atom. The van der Waals surface area contributed by atoms with Gasteiger partial charge < -0.3 is 10.2 Å². The molecular formula is C24H39FO3. The molecule has 0 aromatic rings. The molecule has 0 radical (unpaired) electrons. The first kappa shape index (κ1) is 20.8. The van der Waals surface area contributed by atoms with Gasteiger partial charge in [-0.3, -0.25) is 4.79 Å². The van der Waals surface area contributed by atoms with Crippen molar-refractivity contribution in [3.63, 3.8) is 0 Å². The third-order valence-electron chi connectivity index (χ3n) is 10.0. The predicted octanol–water partition coefficient (Wildman–Crippen LogP) is 4.69. The maximum Gasteiger partial charge on any atom is 0.163 e. The highest BCUT2D eigenvalue weighted by atomic mass is 19.1. The van der Waals surface area contributed by atoms with Crippen LogP contribution in [-0.4, -0.2) is 34.9 Å². The Morgan fingerprint density at radius 2 is 1.71 bits per heavy atom. The van der Waals surface area contributed by atoms with Gasteiger partial charge in [0.1, 0.15) is 6.67 Å². The normalized spacial score (nSPS) is 50.5. The lowest BCUT2D eigenvalue weighted by molar-refractivity contribution is -0.172. The average Bonchev–Trinajstić information content (AvgIpc) is 2.99. The highest BCUT2D eigenvalue weighted by molar-refractivity contribution is 5.79. The number of ketones is 1. The average molecular weight is 395 g/mol. The van der Waals surface area contributed by atoms with E-state index >= 15 is 0 Å². The molecule has 0 spiro atoms. The van der Waals surface area contributed by atoms with Crippen LogP contribution in [0.2, 0.25) is 0 Å². The Labute approximate surface area is 169 Å². The van der Waals surface area contributed by atoms with Crippen LogP contribution >= 0.6 is 0 Å². The Kier molecular flexibility index (Phi) is 5.68. The van der Waals surface area contributed by atoms with E-state index in [9.17, 15) is 19.4 Å². The van der Waals surface area contributed by atoms with Crippen LogP contribution in [0.25, 0.3) is 0 Å². The van der Waals surface area contributed by atoms with Crippen molar-refractivity contribution >= 4 is 5.78 Å². The van der Waals surface area contributed by atoms with Gasteiger partial charge in [0.25, 0.3) is 0 Å². The van der Waals surface area contributed by atoms with Crippen molar-refractivity contribution in [2.24, 2.45) is 40.4 Å². The third kappa shape index (κ3) is 3.27. The van der Waals surface area contributed by atoms with E-state index in [0.29, 0.717) is 36.0 Å². The lowest BCUT2D eigenvalue weighted by Crippen LogP contribution is -2.58. The summed E-state index contributed by atoms with van der Waals surface area (Å²) in [5.41, 5.74) is 0.536. The maximum absolute atomic E-state index is 12.5. The second-order valence-corrected chi connectivity index (χ2v) is 11.1. The molecule has 4 saturated carbocycles. The Morgan fingerprint density at radius 3 is 2.46 bits per heavy atom. The first-order valence-corrected chi connectivity index (χ1v) is 11.7. The second-order valence-electron chi connectivity index (χ2n) is 11.1. The summed E-state index contributed by atoms with van der Waals surface area (Å²) in [6.45, 7) is 4.06. The van der Waals surface area contributed by atoms with Gasteiger partial charge in [-0.1, -0.05) is 13.8 Å². The predicted molar refractivity (Wildman–Crippen MR) is 107 cm³/mol. The monoisotopic (exact) mass is 394 g/mol. The largest absolute Gasteiger partial charge is 0.393 e. The van der Waals surface area contributed by atoms with E-state index in [1.807, 2.05) is 0 Å². The smallest absolute Gasteiger partial charge is 0.163 e. The lowest BCUT2D eigenvalue weighted by atomic mass is 9.44. The number of carbonyl (C=O) groups is 1. The van der Waals surface area contributed by atoms with Gasteiger partial charge in [0.15, 0.2) is 5.78 Å². The number of alkyl halides is 1. The van der Waals surface area contributed by atoms with Gasteiger partial charge in [-0.05, 0) is 105 Å². The SMILES string of the molecule is C[C@]12CC[C@@H](O)C[C@H]1C[C@@H](O)[C@@H]1[C@@H]2CC[C@]2(C)[C@@H](CCCC(=O)CF)CC[C@@H]12. The fourth-order valence-corrected chi connectivity index (χ4v) is 8.40. The maximum atomic E-state index is 12.5. The van der Waals surface area contributed by atoms with Crippen LogP contribution in [0.1, 0.15) is 84.5 Å². The molecule has 4 aliphatic carbocycles. The molecule has 0 aromatic carbocycles. The molecule has 28 heavy (non-hydrogen) atoms. The van der Waals surface area contributed by atoms with Crippen LogP contribution in [0.5, 0.6) is 0 Å². The van der Waals surface area contributed by atoms with E-state index in [4.69, 9.17) is 0 Å². The van der Waals surface area contributed by atoms with Gasteiger partial charge >= 0.3 is 0 Å². The van der Waals surface area contributed by atoms with Gasteiger partial charge in [0, 0.05) is 6.42 Å². The quantitative estimate of drug-likeness (QED) is 0.711. The van der Waals surface area contributed by atoms with Crippen molar-refractivity contribution < 1.29 is 19.4 Å². The van der Waals surface area contributed by atoms with Crippen molar-refractivity contribution in [1.29, 1.82) is 0 Å². The van der Waals surface area contributed by atoms with Gasteiger partial charge in [-0.15, -0.1) is 0 Å². The highest BCUT2D eigenvalue weighted by Gasteiger charge is 2.62.